The Morgan fingerprint density at radius 1 is 1.20 bits per heavy atom. The predicted octanol–water partition coefficient (Wildman–Crippen LogP) is 0.902. The zero-order chi connectivity index (χ0) is 14.9. The van der Waals surface area contributed by atoms with Crippen LogP contribution in [0.2, 0.25) is 0 Å². The van der Waals surface area contributed by atoms with Crippen LogP contribution in [0.5, 0.6) is 0 Å². The first-order valence-electron chi connectivity index (χ1n) is 5.37. The molecule has 6 nitrogen and oxygen atoms in total. The van der Waals surface area contributed by atoms with Crippen LogP contribution < -0.4 is 10.7 Å². The summed E-state index contributed by atoms with van der Waals surface area (Å²) < 4.78 is 37.0. The van der Waals surface area contributed by atoms with Crippen LogP contribution in [0, 0.1) is 0 Å². The lowest BCUT2D eigenvalue weighted by molar-refractivity contribution is -0.137. The number of hydrogen-bond acceptors (Lipinski definition) is 3. The van der Waals surface area contributed by atoms with Crippen LogP contribution in [0.25, 0.3) is 0 Å². The molecule has 1 aromatic rings. The molecule has 1 aliphatic heterocycles. The lowest BCUT2D eigenvalue weighted by Crippen LogP contribution is -2.44. The van der Waals surface area contributed by atoms with E-state index in [2.05, 4.69) is 5.43 Å². The molecule has 0 radical (unpaired) electrons. The van der Waals surface area contributed by atoms with E-state index in [0.717, 1.165) is 29.3 Å². The van der Waals surface area contributed by atoms with Gasteiger partial charge in [-0.25, -0.2) is 9.80 Å². The van der Waals surface area contributed by atoms with Gasteiger partial charge in [0.1, 0.15) is 6.54 Å². The van der Waals surface area contributed by atoms with Crippen LogP contribution in [0.3, 0.4) is 0 Å². The normalized spacial score (nSPS) is 15.2. The maximum Gasteiger partial charge on any atom is 0.416 e. The van der Waals surface area contributed by atoms with Crippen molar-refractivity contribution in [2.75, 3.05) is 6.54 Å². The zero-order valence-corrected chi connectivity index (χ0v) is 9.82. The SMILES string of the molecule is O=C1CN(NC(=O)c2ccc(C(F)(F)F)cc2)C(=O)N1. The van der Waals surface area contributed by atoms with Crippen molar-refractivity contribution in [1.82, 2.24) is 15.8 Å². The summed E-state index contributed by atoms with van der Waals surface area (Å²) >= 11 is 0. The molecule has 2 rings (SSSR count). The van der Waals surface area contributed by atoms with Crippen molar-refractivity contribution in [1.29, 1.82) is 0 Å². The first-order valence-corrected chi connectivity index (χ1v) is 5.37. The summed E-state index contributed by atoms with van der Waals surface area (Å²) in [6.07, 6.45) is -4.49. The molecular formula is C11H8F3N3O3. The molecular weight excluding hydrogens is 279 g/mol. The number of nitrogens with zero attached hydrogens (tertiary/aromatic N) is 1. The standard InChI is InChI=1S/C11H8F3N3O3/c12-11(13,14)7-3-1-6(2-4-7)9(19)16-17-5-8(18)15-10(17)20/h1-4H,5H2,(H,16,19)(H,15,18,20). The number of benzene rings is 1. The fourth-order valence-electron chi connectivity index (χ4n) is 1.53. The average molecular weight is 287 g/mol. The van der Waals surface area contributed by atoms with Crippen molar-refractivity contribution in [3.05, 3.63) is 35.4 Å². The van der Waals surface area contributed by atoms with Gasteiger partial charge < -0.3 is 0 Å². The summed E-state index contributed by atoms with van der Waals surface area (Å²) in [6, 6.07) is 2.67. The van der Waals surface area contributed by atoms with E-state index in [-0.39, 0.29) is 12.1 Å². The maximum absolute atomic E-state index is 12.3. The monoisotopic (exact) mass is 287 g/mol. The quantitative estimate of drug-likeness (QED) is 0.793. The highest BCUT2D eigenvalue weighted by Crippen LogP contribution is 2.29. The van der Waals surface area contributed by atoms with E-state index in [0.29, 0.717) is 0 Å². The van der Waals surface area contributed by atoms with E-state index in [1.807, 2.05) is 5.32 Å². The molecule has 0 atom stereocenters. The number of rotatable bonds is 2. The van der Waals surface area contributed by atoms with E-state index >= 15 is 0 Å². The molecule has 0 aliphatic carbocycles. The van der Waals surface area contributed by atoms with E-state index in [9.17, 15) is 27.6 Å². The van der Waals surface area contributed by atoms with Crippen molar-refractivity contribution in [3.63, 3.8) is 0 Å². The number of carbonyl (C=O) groups excluding carboxylic acids is 3. The molecule has 4 amide bonds. The summed E-state index contributed by atoms with van der Waals surface area (Å²) in [5, 5.41) is 2.68. The van der Waals surface area contributed by atoms with Gasteiger partial charge in [0.25, 0.3) is 5.91 Å². The van der Waals surface area contributed by atoms with Crippen LogP contribution in [0.15, 0.2) is 24.3 Å². The van der Waals surface area contributed by atoms with Gasteiger partial charge in [-0.3, -0.25) is 20.3 Å². The van der Waals surface area contributed by atoms with E-state index in [4.69, 9.17) is 0 Å². The highest BCUT2D eigenvalue weighted by Gasteiger charge is 2.31. The van der Waals surface area contributed by atoms with E-state index in [1.54, 1.807) is 0 Å². The minimum Gasteiger partial charge on any atom is -0.275 e. The summed E-state index contributed by atoms with van der Waals surface area (Å²) in [5.74, 6) is -1.37. The Balaban J connectivity index is 2.07. The van der Waals surface area contributed by atoms with Crippen LogP contribution in [0.1, 0.15) is 15.9 Å². The number of hydrogen-bond donors (Lipinski definition) is 2. The van der Waals surface area contributed by atoms with Crippen LogP contribution in [-0.2, 0) is 11.0 Å². The van der Waals surface area contributed by atoms with Crippen molar-refractivity contribution in [3.8, 4) is 0 Å². The summed E-state index contributed by atoms with van der Waals surface area (Å²) in [7, 11) is 0. The van der Waals surface area contributed by atoms with Crippen LogP contribution >= 0.6 is 0 Å². The molecule has 1 saturated heterocycles. The third-order valence-corrected chi connectivity index (χ3v) is 2.50. The number of hydrazine groups is 1. The average Bonchev–Trinajstić information content (AvgIpc) is 2.67. The first kappa shape index (κ1) is 13.8. The minimum absolute atomic E-state index is 0.0647. The topological polar surface area (TPSA) is 78.5 Å². The fourth-order valence-corrected chi connectivity index (χ4v) is 1.53. The molecule has 0 bridgehead atoms. The molecule has 1 fully saturated rings. The highest BCUT2D eigenvalue weighted by atomic mass is 19.4. The Morgan fingerprint density at radius 2 is 1.80 bits per heavy atom. The Labute approximate surface area is 110 Å². The summed E-state index contributed by atoms with van der Waals surface area (Å²) in [5.41, 5.74) is 1.16. The van der Waals surface area contributed by atoms with Gasteiger partial charge in [-0.05, 0) is 24.3 Å². The number of nitrogens with one attached hydrogen (secondary N) is 2. The third-order valence-electron chi connectivity index (χ3n) is 2.50. The highest BCUT2D eigenvalue weighted by molar-refractivity contribution is 6.03. The van der Waals surface area contributed by atoms with Crippen molar-refractivity contribution < 1.29 is 27.6 Å². The smallest absolute Gasteiger partial charge is 0.275 e. The van der Waals surface area contributed by atoms with Gasteiger partial charge >= 0.3 is 12.2 Å². The molecule has 1 heterocycles. The summed E-state index contributed by atoms with van der Waals surface area (Å²) in [6.45, 7) is -0.342. The van der Waals surface area contributed by atoms with Gasteiger partial charge in [-0.15, -0.1) is 0 Å². The largest absolute Gasteiger partial charge is 0.416 e. The molecule has 0 saturated carbocycles. The van der Waals surface area contributed by atoms with Crippen molar-refractivity contribution >= 4 is 17.8 Å². The lowest BCUT2D eigenvalue weighted by Gasteiger charge is -2.14. The second-order valence-electron chi connectivity index (χ2n) is 3.96. The molecule has 0 unspecified atom stereocenters. The zero-order valence-electron chi connectivity index (χ0n) is 9.82. The Morgan fingerprint density at radius 3 is 2.25 bits per heavy atom. The molecule has 106 valence electrons. The van der Waals surface area contributed by atoms with E-state index < -0.39 is 29.6 Å². The van der Waals surface area contributed by atoms with Gasteiger partial charge in [-0.1, -0.05) is 0 Å². The van der Waals surface area contributed by atoms with Crippen LogP contribution in [0.4, 0.5) is 18.0 Å². The van der Waals surface area contributed by atoms with Crippen molar-refractivity contribution in [2.24, 2.45) is 0 Å². The van der Waals surface area contributed by atoms with Gasteiger partial charge in [-0.2, -0.15) is 13.2 Å². The Hall–Kier alpha value is -2.58. The maximum atomic E-state index is 12.3. The summed E-state index contributed by atoms with van der Waals surface area (Å²) in [4.78, 5) is 33.7. The van der Waals surface area contributed by atoms with Gasteiger partial charge in [0.05, 0.1) is 5.56 Å². The van der Waals surface area contributed by atoms with Crippen molar-refractivity contribution in [2.45, 2.75) is 6.18 Å². The molecule has 1 aromatic carbocycles. The number of halogens is 3. The molecule has 2 N–H and O–H groups in total. The number of imide groups is 1. The fraction of sp³-hybridized carbons (Fsp3) is 0.182. The Bertz CT molecular complexity index is 569. The molecule has 0 spiro atoms. The molecule has 1 aliphatic rings. The van der Waals surface area contributed by atoms with Gasteiger partial charge in [0.15, 0.2) is 0 Å². The number of alkyl halides is 3. The third kappa shape index (κ3) is 2.87. The first-order chi connectivity index (χ1) is 9.27. The molecule has 9 heteroatoms. The second-order valence-corrected chi connectivity index (χ2v) is 3.96. The minimum atomic E-state index is -4.49. The van der Waals surface area contributed by atoms with E-state index in [1.165, 1.54) is 0 Å². The van der Waals surface area contributed by atoms with Gasteiger partial charge in [0, 0.05) is 5.56 Å². The number of amides is 4. The number of carbonyl (C=O) groups is 3. The second kappa shape index (κ2) is 4.83. The van der Waals surface area contributed by atoms with Crippen LogP contribution in [-0.4, -0.2) is 29.4 Å². The molecule has 0 aromatic heterocycles. The Kier molecular flexibility index (Phi) is 3.35. The van der Waals surface area contributed by atoms with Gasteiger partial charge in [0.2, 0.25) is 5.91 Å². The number of urea groups is 1. The lowest BCUT2D eigenvalue weighted by atomic mass is 10.1. The predicted molar refractivity (Wildman–Crippen MR) is 59.2 cm³/mol. The molecule has 20 heavy (non-hydrogen) atoms.